The van der Waals surface area contributed by atoms with Crippen LogP contribution in [0.3, 0.4) is 0 Å². The van der Waals surface area contributed by atoms with Crippen molar-refractivity contribution in [2.45, 2.75) is 6.92 Å². The van der Waals surface area contributed by atoms with Gasteiger partial charge >= 0.3 is 0 Å². The summed E-state index contributed by atoms with van der Waals surface area (Å²) in [6.07, 6.45) is 1.78. The molecule has 1 amide bonds. The number of rotatable bonds is 4. The van der Waals surface area contributed by atoms with E-state index in [-0.39, 0.29) is 5.91 Å². The predicted octanol–water partition coefficient (Wildman–Crippen LogP) is 4.31. The number of amides is 1. The number of benzene rings is 2. The molecule has 4 aromatic rings. The molecule has 2 aromatic carbocycles. The first-order valence-corrected chi connectivity index (χ1v) is 9.29. The molecular weight excluding hydrogens is 364 g/mol. The van der Waals surface area contributed by atoms with Crippen LogP contribution in [0.4, 0.5) is 0 Å². The lowest BCUT2D eigenvalue weighted by atomic mass is 10.0. The van der Waals surface area contributed by atoms with Gasteiger partial charge in [0.2, 0.25) is 0 Å². The summed E-state index contributed by atoms with van der Waals surface area (Å²) in [7, 11) is 5.15. The summed E-state index contributed by atoms with van der Waals surface area (Å²) in [5, 5.41) is 8.34. The number of ether oxygens (including phenoxy) is 1. The fourth-order valence-electron chi connectivity index (χ4n) is 3.36. The van der Waals surface area contributed by atoms with E-state index in [1.165, 1.54) is 0 Å². The van der Waals surface area contributed by atoms with E-state index in [1.54, 1.807) is 32.3 Å². The third-order valence-corrected chi connectivity index (χ3v) is 4.89. The summed E-state index contributed by atoms with van der Waals surface area (Å²) in [5.41, 5.74) is 6.01. The maximum absolute atomic E-state index is 12.3. The number of methoxy groups -OCH3 is 1. The van der Waals surface area contributed by atoms with Crippen LogP contribution in [0.5, 0.6) is 5.75 Å². The first-order chi connectivity index (χ1) is 14.0. The van der Waals surface area contributed by atoms with Gasteiger partial charge < -0.3 is 9.64 Å². The van der Waals surface area contributed by atoms with Gasteiger partial charge in [0.05, 0.1) is 12.8 Å². The van der Waals surface area contributed by atoms with Crippen LogP contribution in [0.25, 0.3) is 33.4 Å². The van der Waals surface area contributed by atoms with Gasteiger partial charge in [0, 0.05) is 42.4 Å². The SMILES string of the molecule is COc1cc(C)ccc1-c1[nH]nc2ncc(-c3cccc(C(=O)N(C)C)c3)cc12. The number of hydrogen-bond donors (Lipinski definition) is 1. The largest absolute Gasteiger partial charge is 0.496 e. The molecule has 0 spiro atoms. The van der Waals surface area contributed by atoms with Crippen LogP contribution in [-0.2, 0) is 0 Å². The molecule has 6 heteroatoms. The molecule has 146 valence electrons. The van der Waals surface area contributed by atoms with E-state index >= 15 is 0 Å². The zero-order chi connectivity index (χ0) is 20.5. The molecule has 4 rings (SSSR count). The number of nitrogens with zero attached hydrogens (tertiary/aromatic N) is 3. The Kier molecular flexibility index (Phi) is 4.76. The normalized spacial score (nSPS) is 10.9. The molecule has 0 radical (unpaired) electrons. The Labute approximate surface area is 169 Å². The number of carbonyl (C=O) groups excluding carboxylic acids is 1. The zero-order valence-electron chi connectivity index (χ0n) is 16.9. The van der Waals surface area contributed by atoms with E-state index < -0.39 is 0 Å². The highest BCUT2D eigenvalue weighted by Gasteiger charge is 2.15. The molecular formula is C23H22N4O2. The van der Waals surface area contributed by atoms with Crippen LogP contribution in [0.15, 0.2) is 54.7 Å². The first-order valence-electron chi connectivity index (χ1n) is 9.29. The van der Waals surface area contributed by atoms with E-state index in [2.05, 4.69) is 15.2 Å². The molecule has 1 N–H and O–H groups in total. The second kappa shape index (κ2) is 7.39. The van der Waals surface area contributed by atoms with Crippen molar-refractivity contribution in [2.75, 3.05) is 21.2 Å². The first kappa shape index (κ1) is 18.7. The van der Waals surface area contributed by atoms with E-state index in [0.29, 0.717) is 11.2 Å². The molecule has 2 aromatic heterocycles. The molecule has 0 saturated carbocycles. The summed E-state index contributed by atoms with van der Waals surface area (Å²) in [6, 6.07) is 15.7. The summed E-state index contributed by atoms with van der Waals surface area (Å²) >= 11 is 0. The predicted molar refractivity (Wildman–Crippen MR) is 114 cm³/mol. The van der Waals surface area contributed by atoms with Crippen molar-refractivity contribution in [1.82, 2.24) is 20.1 Å². The average molecular weight is 386 g/mol. The number of fused-ring (bicyclic) bond motifs is 1. The number of hydrogen-bond acceptors (Lipinski definition) is 4. The molecule has 0 fully saturated rings. The fraction of sp³-hybridized carbons (Fsp3) is 0.174. The summed E-state index contributed by atoms with van der Waals surface area (Å²) in [4.78, 5) is 18.4. The lowest BCUT2D eigenvalue weighted by Crippen LogP contribution is -2.21. The molecule has 0 bridgehead atoms. The van der Waals surface area contributed by atoms with Gasteiger partial charge in [-0.05, 0) is 48.4 Å². The van der Waals surface area contributed by atoms with Gasteiger partial charge in [-0.25, -0.2) is 4.98 Å². The minimum absolute atomic E-state index is 0.0331. The highest BCUT2D eigenvalue weighted by molar-refractivity contribution is 5.97. The number of aryl methyl sites for hydroxylation is 1. The van der Waals surface area contributed by atoms with Crippen molar-refractivity contribution < 1.29 is 9.53 Å². The van der Waals surface area contributed by atoms with Crippen molar-refractivity contribution in [1.29, 1.82) is 0 Å². The Bertz CT molecular complexity index is 1210. The van der Waals surface area contributed by atoms with E-state index in [1.807, 2.05) is 55.5 Å². The van der Waals surface area contributed by atoms with Crippen molar-refractivity contribution >= 4 is 16.9 Å². The Morgan fingerprint density at radius 1 is 1.07 bits per heavy atom. The van der Waals surface area contributed by atoms with Gasteiger partial charge in [0.25, 0.3) is 5.91 Å². The fourth-order valence-corrected chi connectivity index (χ4v) is 3.36. The standard InChI is InChI=1S/C23H22N4O2/c1-14-8-9-18(20(10-14)29-4)21-19-12-17(13-24-22(19)26-25-21)15-6-5-7-16(11-15)23(28)27(2)3/h5-13H,1-4H3,(H,24,25,26). The maximum atomic E-state index is 12.3. The lowest BCUT2D eigenvalue weighted by Gasteiger charge is -2.11. The Balaban J connectivity index is 1.83. The van der Waals surface area contributed by atoms with Crippen molar-refractivity contribution in [3.8, 4) is 28.1 Å². The quantitative estimate of drug-likeness (QED) is 0.567. The molecule has 6 nitrogen and oxygen atoms in total. The number of pyridine rings is 1. The Morgan fingerprint density at radius 3 is 2.66 bits per heavy atom. The van der Waals surface area contributed by atoms with Gasteiger partial charge in [-0.3, -0.25) is 9.89 Å². The molecule has 0 aliphatic rings. The van der Waals surface area contributed by atoms with Crippen molar-refractivity contribution in [3.63, 3.8) is 0 Å². The minimum Gasteiger partial charge on any atom is -0.496 e. The third kappa shape index (κ3) is 3.45. The van der Waals surface area contributed by atoms with Crippen molar-refractivity contribution in [3.05, 3.63) is 65.9 Å². The lowest BCUT2D eigenvalue weighted by molar-refractivity contribution is 0.0827. The van der Waals surface area contributed by atoms with Crippen LogP contribution >= 0.6 is 0 Å². The van der Waals surface area contributed by atoms with Gasteiger partial charge in [-0.15, -0.1) is 0 Å². The molecule has 0 saturated heterocycles. The van der Waals surface area contributed by atoms with Crippen LogP contribution in [0, 0.1) is 6.92 Å². The molecule has 2 heterocycles. The Hall–Kier alpha value is -3.67. The highest BCUT2D eigenvalue weighted by Crippen LogP contribution is 2.35. The monoisotopic (exact) mass is 386 g/mol. The number of H-pyrrole nitrogens is 1. The molecule has 29 heavy (non-hydrogen) atoms. The molecule has 0 atom stereocenters. The zero-order valence-corrected chi connectivity index (χ0v) is 16.9. The average Bonchev–Trinajstić information content (AvgIpc) is 3.16. The van der Waals surface area contributed by atoms with Crippen LogP contribution in [0.1, 0.15) is 15.9 Å². The number of nitrogens with one attached hydrogen (secondary N) is 1. The summed E-state index contributed by atoms with van der Waals surface area (Å²) < 4.78 is 5.57. The van der Waals surface area contributed by atoms with Gasteiger partial charge in [0.1, 0.15) is 5.75 Å². The van der Waals surface area contributed by atoms with E-state index in [4.69, 9.17) is 4.74 Å². The third-order valence-electron chi connectivity index (χ3n) is 4.89. The van der Waals surface area contributed by atoms with Crippen LogP contribution in [-0.4, -0.2) is 47.2 Å². The minimum atomic E-state index is -0.0331. The smallest absolute Gasteiger partial charge is 0.253 e. The maximum Gasteiger partial charge on any atom is 0.253 e. The second-order valence-electron chi connectivity index (χ2n) is 7.18. The number of aromatic nitrogens is 3. The molecule has 0 aliphatic heterocycles. The number of aromatic amines is 1. The second-order valence-corrected chi connectivity index (χ2v) is 7.18. The highest BCUT2D eigenvalue weighted by atomic mass is 16.5. The molecule has 0 unspecified atom stereocenters. The summed E-state index contributed by atoms with van der Waals surface area (Å²) in [6.45, 7) is 2.03. The topological polar surface area (TPSA) is 71.1 Å². The molecule has 0 aliphatic carbocycles. The Morgan fingerprint density at radius 2 is 1.90 bits per heavy atom. The van der Waals surface area contributed by atoms with Crippen LogP contribution < -0.4 is 4.74 Å². The van der Waals surface area contributed by atoms with E-state index in [0.717, 1.165) is 39.1 Å². The van der Waals surface area contributed by atoms with Crippen molar-refractivity contribution in [2.24, 2.45) is 0 Å². The number of carbonyl (C=O) groups is 1. The van der Waals surface area contributed by atoms with Crippen LogP contribution in [0.2, 0.25) is 0 Å². The van der Waals surface area contributed by atoms with Gasteiger partial charge in [0.15, 0.2) is 5.65 Å². The summed E-state index contributed by atoms with van der Waals surface area (Å²) in [5.74, 6) is 0.744. The van der Waals surface area contributed by atoms with Gasteiger partial charge in [-0.1, -0.05) is 18.2 Å². The van der Waals surface area contributed by atoms with Gasteiger partial charge in [-0.2, -0.15) is 5.10 Å². The van der Waals surface area contributed by atoms with E-state index in [9.17, 15) is 4.79 Å².